The summed E-state index contributed by atoms with van der Waals surface area (Å²) in [4.78, 5) is 12.4. The van der Waals surface area contributed by atoms with Gasteiger partial charge in [0.2, 0.25) is 6.10 Å². The lowest BCUT2D eigenvalue weighted by molar-refractivity contribution is -0.147. The van der Waals surface area contributed by atoms with Crippen LogP contribution < -0.4 is 10.1 Å². The Balaban J connectivity index is 1.54. The number of nitrogens with zero attached hydrogens (tertiary/aromatic N) is 1. The van der Waals surface area contributed by atoms with Gasteiger partial charge < -0.3 is 14.8 Å². The number of benzene rings is 3. The second-order valence-corrected chi connectivity index (χ2v) is 8.28. The van der Waals surface area contributed by atoms with E-state index >= 15 is 0 Å². The minimum absolute atomic E-state index is 0.0103. The van der Waals surface area contributed by atoms with Crippen LogP contribution in [0.4, 0.5) is 18.9 Å². The van der Waals surface area contributed by atoms with E-state index in [1.807, 2.05) is 24.3 Å². The van der Waals surface area contributed by atoms with Crippen molar-refractivity contribution in [1.29, 1.82) is 5.26 Å². The first-order valence-electron chi connectivity index (χ1n) is 10.7. The monoisotopic (exact) mass is 502 g/mol. The van der Waals surface area contributed by atoms with Gasteiger partial charge in [-0.15, -0.1) is 0 Å². The summed E-state index contributed by atoms with van der Waals surface area (Å²) in [6, 6.07) is 20.8. The van der Waals surface area contributed by atoms with E-state index in [9.17, 15) is 23.2 Å². The summed E-state index contributed by atoms with van der Waals surface area (Å²) in [5.74, 6) is 0.298. The van der Waals surface area contributed by atoms with Crippen molar-refractivity contribution in [2.75, 3.05) is 11.9 Å². The summed E-state index contributed by atoms with van der Waals surface area (Å²) in [5.41, 5.74) is -0.0490. The number of anilines is 1. The van der Waals surface area contributed by atoms with E-state index in [0.717, 1.165) is 12.1 Å². The fourth-order valence-electron chi connectivity index (χ4n) is 3.19. The maximum Gasteiger partial charge on any atom is 0.416 e. The number of carbonyl (C=O) groups is 1. The molecule has 3 aromatic carbocycles. The smallest absolute Gasteiger partial charge is 0.416 e. The fraction of sp³-hybridized carbons (Fsp3) is 0.231. The zero-order valence-electron chi connectivity index (χ0n) is 18.7. The van der Waals surface area contributed by atoms with Crippen molar-refractivity contribution in [2.24, 2.45) is 5.92 Å². The quantitative estimate of drug-likeness (QED) is 0.309. The number of esters is 1. The van der Waals surface area contributed by atoms with E-state index in [4.69, 9.17) is 21.1 Å². The maximum atomic E-state index is 12.8. The molecule has 182 valence electrons. The summed E-state index contributed by atoms with van der Waals surface area (Å²) >= 11 is 5.94. The molecule has 0 amide bonds. The molecule has 0 heterocycles. The number of hydrogen-bond donors (Lipinski definition) is 1. The fourth-order valence-corrected chi connectivity index (χ4v) is 3.44. The number of ether oxygens (including phenoxy) is 2. The molecule has 0 aliphatic heterocycles. The first kappa shape index (κ1) is 25.9. The van der Waals surface area contributed by atoms with Crippen molar-refractivity contribution >= 4 is 23.3 Å². The molecular formula is C26H22ClF3N2O3. The number of halogens is 4. The van der Waals surface area contributed by atoms with Crippen molar-refractivity contribution in [1.82, 2.24) is 0 Å². The molecule has 3 rings (SSSR count). The Bertz CT molecular complexity index is 1200. The van der Waals surface area contributed by atoms with Gasteiger partial charge in [-0.25, -0.2) is 0 Å². The van der Waals surface area contributed by atoms with Gasteiger partial charge >= 0.3 is 12.1 Å². The van der Waals surface area contributed by atoms with Crippen LogP contribution in [0.1, 0.15) is 30.6 Å². The van der Waals surface area contributed by atoms with Crippen LogP contribution in [0.3, 0.4) is 0 Å². The number of alkyl halides is 3. The summed E-state index contributed by atoms with van der Waals surface area (Å²) in [6.07, 6.45) is -5.61. The number of nitriles is 1. The van der Waals surface area contributed by atoms with Crippen molar-refractivity contribution < 1.29 is 27.4 Å². The van der Waals surface area contributed by atoms with E-state index < -0.39 is 23.8 Å². The minimum atomic E-state index is -4.48. The molecule has 1 N–H and O–H groups in total. The summed E-state index contributed by atoms with van der Waals surface area (Å²) in [7, 11) is 0. The minimum Gasteiger partial charge on any atom is -0.457 e. The molecule has 0 spiro atoms. The maximum absolute atomic E-state index is 12.8. The Morgan fingerprint density at radius 2 is 1.77 bits per heavy atom. The van der Waals surface area contributed by atoms with Crippen LogP contribution in [0, 0.1) is 17.2 Å². The average Bonchev–Trinajstić information content (AvgIpc) is 2.82. The third-order valence-electron chi connectivity index (χ3n) is 4.96. The topological polar surface area (TPSA) is 71.3 Å². The highest BCUT2D eigenvalue weighted by Gasteiger charge is 2.31. The number of para-hydroxylation sites is 1. The van der Waals surface area contributed by atoms with Crippen LogP contribution in [-0.2, 0) is 15.7 Å². The van der Waals surface area contributed by atoms with Crippen molar-refractivity contribution in [3.63, 3.8) is 0 Å². The zero-order chi connectivity index (χ0) is 25.4. The molecule has 0 saturated heterocycles. The third kappa shape index (κ3) is 7.66. The van der Waals surface area contributed by atoms with Gasteiger partial charge in [0.05, 0.1) is 16.3 Å². The molecule has 0 fully saturated rings. The van der Waals surface area contributed by atoms with E-state index in [-0.39, 0.29) is 23.9 Å². The number of hydrogen-bond acceptors (Lipinski definition) is 5. The predicted molar refractivity (Wildman–Crippen MR) is 126 cm³/mol. The second kappa shape index (κ2) is 11.6. The predicted octanol–water partition coefficient (Wildman–Crippen LogP) is 7.40. The molecule has 2 atom stereocenters. The number of nitrogens with one attached hydrogen (secondary N) is 1. The van der Waals surface area contributed by atoms with Gasteiger partial charge in [-0.2, -0.15) is 18.4 Å². The summed E-state index contributed by atoms with van der Waals surface area (Å²) < 4.78 is 49.4. The highest BCUT2D eigenvalue weighted by atomic mass is 35.5. The zero-order valence-corrected chi connectivity index (χ0v) is 19.4. The molecule has 35 heavy (non-hydrogen) atoms. The molecule has 9 heteroatoms. The first-order valence-corrected chi connectivity index (χ1v) is 11.1. The Kier molecular flexibility index (Phi) is 8.61. The van der Waals surface area contributed by atoms with E-state index in [0.29, 0.717) is 22.7 Å². The Hall–Kier alpha value is -3.70. The lowest BCUT2D eigenvalue weighted by Gasteiger charge is -2.17. The van der Waals surface area contributed by atoms with Crippen molar-refractivity contribution in [3.05, 3.63) is 88.9 Å². The van der Waals surface area contributed by atoms with Crippen molar-refractivity contribution in [2.45, 2.75) is 25.6 Å². The van der Waals surface area contributed by atoms with Crippen LogP contribution in [0.25, 0.3) is 0 Å². The Morgan fingerprint density at radius 3 is 2.43 bits per heavy atom. The lowest BCUT2D eigenvalue weighted by Crippen LogP contribution is -2.18. The molecule has 0 aromatic heterocycles. The summed E-state index contributed by atoms with van der Waals surface area (Å²) in [5, 5.41) is 12.4. The van der Waals surface area contributed by atoms with Crippen molar-refractivity contribution in [3.8, 4) is 17.6 Å². The molecule has 2 unspecified atom stereocenters. The molecule has 0 radical (unpaired) electrons. The molecule has 5 nitrogen and oxygen atoms in total. The van der Waals surface area contributed by atoms with Gasteiger partial charge in [-0.05, 0) is 48.4 Å². The van der Waals surface area contributed by atoms with Crippen LogP contribution >= 0.6 is 11.6 Å². The summed E-state index contributed by atoms with van der Waals surface area (Å²) in [6.45, 7) is 2.03. The molecule has 0 aliphatic rings. The first-order chi connectivity index (χ1) is 16.7. The molecule has 0 saturated carbocycles. The molecule has 0 aliphatic carbocycles. The highest BCUT2D eigenvalue weighted by Crippen LogP contribution is 2.34. The highest BCUT2D eigenvalue weighted by molar-refractivity contribution is 6.33. The van der Waals surface area contributed by atoms with Crippen LogP contribution in [0.15, 0.2) is 72.8 Å². The van der Waals surface area contributed by atoms with Crippen LogP contribution in [0.5, 0.6) is 11.5 Å². The van der Waals surface area contributed by atoms with E-state index in [2.05, 4.69) is 5.32 Å². The normalized spacial score (nSPS) is 12.8. The number of rotatable bonds is 9. The van der Waals surface area contributed by atoms with Gasteiger partial charge in [-0.1, -0.05) is 48.9 Å². The Morgan fingerprint density at radius 1 is 1.06 bits per heavy atom. The standard InChI is InChI=1S/C26H22ClF3N2O3/c1-17(16-32-23-11-10-19(14-22(23)27)26(28,29)30)12-25(33)35-24(15-31)18-6-5-9-21(13-18)34-20-7-3-2-4-8-20/h2-11,13-14,17,24,32H,12,16H2,1H3. The van der Waals surface area contributed by atoms with E-state index in [1.54, 1.807) is 43.3 Å². The molecular weight excluding hydrogens is 481 g/mol. The number of carbonyl (C=O) groups excluding carboxylic acids is 1. The Labute approximate surface area is 206 Å². The van der Waals surface area contributed by atoms with Gasteiger partial charge in [0.25, 0.3) is 0 Å². The van der Waals surface area contributed by atoms with Crippen LogP contribution in [0.2, 0.25) is 5.02 Å². The largest absolute Gasteiger partial charge is 0.457 e. The average molecular weight is 503 g/mol. The SMILES string of the molecule is CC(CNc1ccc(C(F)(F)F)cc1Cl)CC(=O)OC(C#N)c1cccc(Oc2ccccc2)c1. The van der Waals surface area contributed by atoms with Crippen LogP contribution in [-0.4, -0.2) is 12.5 Å². The molecule has 3 aromatic rings. The van der Waals surface area contributed by atoms with Gasteiger partial charge in [0.15, 0.2) is 0 Å². The second-order valence-electron chi connectivity index (χ2n) is 7.87. The van der Waals surface area contributed by atoms with E-state index in [1.165, 1.54) is 6.07 Å². The van der Waals surface area contributed by atoms with Gasteiger partial charge in [-0.3, -0.25) is 4.79 Å². The third-order valence-corrected chi connectivity index (χ3v) is 5.27. The van der Waals surface area contributed by atoms with Gasteiger partial charge in [0.1, 0.15) is 17.6 Å². The van der Waals surface area contributed by atoms with Gasteiger partial charge in [0, 0.05) is 18.5 Å². The lowest BCUT2D eigenvalue weighted by atomic mass is 10.1. The molecule has 0 bridgehead atoms.